The molecule has 2 N–H and O–H groups in total. The molecule has 2 rings (SSSR count). The predicted octanol–water partition coefficient (Wildman–Crippen LogP) is 2.43. The lowest BCUT2D eigenvalue weighted by atomic mass is 10.1. The fourth-order valence-electron chi connectivity index (χ4n) is 2.03. The highest BCUT2D eigenvalue weighted by molar-refractivity contribution is 5.94. The van der Waals surface area contributed by atoms with Crippen molar-refractivity contribution in [3.05, 3.63) is 23.9 Å². The van der Waals surface area contributed by atoms with Gasteiger partial charge >= 0.3 is 0 Å². The van der Waals surface area contributed by atoms with Crippen molar-refractivity contribution in [2.75, 3.05) is 11.9 Å². The number of anilines is 1. The first-order valence-corrected chi connectivity index (χ1v) is 6.69. The molecule has 0 aromatic carbocycles. The quantitative estimate of drug-likeness (QED) is 0.811. The van der Waals surface area contributed by atoms with Crippen LogP contribution in [-0.4, -0.2) is 23.5 Å². The number of hydrogen-bond acceptors (Lipinski definition) is 3. The van der Waals surface area contributed by atoms with Crippen LogP contribution in [0.3, 0.4) is 0 Å². The van der Waals surface area contributed by atoms with Crippen LogP contribution in [0.1, 0.15) is 43.5 Å². The molecule has 0 radical (unpaired) electrons. The smallest absolute Gasteiger partial charge is 0.253 e. The lowest BCUT2D eigenvalue weighted by molar-refractivity contribution is 0.0937. The van der Waals surface area contributed by atoms with Gasteiger partial charge < -0.3 is 10.6 Å². The number of pyridine rings is 1. The van der Waals surface area contributed by atoms with Crippen LogP contribution < -0.4 is 10.6 Å². The third kappa shape index (κ3) is 3.72. The molecular formula is C14H21N3O. The van der Waals surface area contributed by atoms with E-state index >= 15 is 0 Å². The lowest BCUT2D eigenvalue weighted by Gasteiger charge is -2.13. The fraction of sp³-hybridized carbons (Fsp3) is 0.571. The van der Waals surface area contributed by atoms with E-state index in [0.29, 0.717) is 5.56 Å². The highest BCUT2D eigenvalue weighted by Crippen LogP contribution is 2.33. The van der Waals surface area contributed by atoms with Crippen molar-refractivity contribution in [1.82, 2.24) is 10.3 Å². The summed E-state index contributed by atoms with van der Waals surface area (Å²) in [5.74, 6) is 1.60. The van der Waals surface area contributed by atoms with E-state index in [9.17, 15) is 4.79 Å². The summed E-state index contributed by atoms with van der Waals surface area (Å²) >= 11 is 0. The zero-order valence-electron chi connectivity index (χ0n) is 11.1. The highest BCUT2D eigenvalue weighted by atomic mass is 16.1. The first-order chi connectivity index (χ1) is 8.69. The maximum absolute atomic E-state index is 12.0. The van der Waals surface area contributed by atoms with Gasteiger partial charge in [-0.05, 0) is 38.3 Å². The van der Waals surface area contributed by atoms with Crippen molar-refractivity contribution < 1.29 is 4.79 Å². The van der Waals surface area contributed by atoms with Crippen molar-refractivity contribution in [3.63, 3.8) is 0 Å². The van der Waals surface area contributed by atoms with E-state index in [1.165, 1.54) is 12.8 Å². The third-order valence-corrected chi connectivity index (χ3v) is 3.14. The van der Waals surface area contributed by atoms with Crippen LogP contribution in [-0.2, 0) is 0 Å². The third-order valence-electron chi connectivity index (χ3n) is 3.14. The molecule has 4 nitrogen and oxygen atoms in total. The molecule has 0 aliphatic heterocycles. The maximum Gasteiger partial charge on any atom is 0.253 e. The van der Waals surface area contributed by atoms with Gasteiger partial charge in [-0.1, -0.05) is 12.8 Å². The Morgan fingerprint density at radius 2 is 2.28 bits per heavy atom. The molecule has 18 heavy (non-hydrogen) atoms. The first-order valence-electron chi connectivity index (χ1n) is 6.69. The normalized spacial score (nSPS) is 16.1. The van der Waals surface area contributed by atoms with E-state index in [0.717, 1.165) is 24.7 Å². The first kappa shape index (κ1) is 12.9. The SMILES string of the molecule is CCNc1ccc(C(=O)NC(C)CC2CC2)cn1. The second-order valence-corrected chi connectivity index (χ2v) is 5.02. The summed E-state index contributed by atoms with van der Waals surface area (Å²) in [6.45, 7) is 4.91. The predicted molar refractivity (Wildman–Crippen MR) is 72.7 cm³/mol. The van der Waals surface area contributed by atoms with Gasteiger partial charge in [0, 0.05) is 18.8 Å². The van der Waals surface area contributed by atoms with Crippen molar-refractivity contribution in [3.8, 4) is 0 Å². The summed E-state index contributed by atoms with van der Waals surface area (Å²) in [6, 6.07) is 3.90. The monoisotopic (exact) mass is 247 g/mol. The average molecular weight is 247 g/mol. The van der Waals surface area contributed by atoms with Crippen LogP contribution in [0.2, 0.25) is 0 Å². The molecule has 1 unspecified atom stereocenters. The summed E-state index contributed by atoms with van der Waals surface area (Å²) in [5.41, 5.74) is 0.624. The number of nitrogens with zero attached hydrogens (tertiary/aromatic N) is 1. The van der Waals surface area contributed by atoms with Gasteiger partial charge in [0.15, 0.2) is 0 Å². The molecule has 1 heterocycles. The minimum absolute atomic E-state index is 0.0290. The Balaban J connectivity index is 1.86. The number of aromatic nitrogens is 1. The Morgan fingerprint density at radius 3 is 2.83 bits per heavy atom. The van der Waals surface area contributed by atoms with Crippen LogP contribution in [0.4, 0.5) is 5.82 Å². The number of amides is 1. The van der Waals surface area contributed by atoms with Crippen molar-refractivity contribution >= 4 is 11.7 Å². The van der Waals surface area contributed by atoms with Crippen LogP contribution in [0, 0.1) is 5.92 Å². The van der Waals surface area contributed by atoms with Gasteiger partial charge in [-0.2, -0.15) is 0 Å². The number of nitrogens with one attached hydrogen (secondary N) is 2. The molecule has 0 spiro atoms. The Morgan fingerprint density at radius 1 is 1.50 bits per heavy atom. The van der Waals surface area contributed by atoms with Gasteiger partial charge in [-0.15, -0.1) is 0 Å². The fourth-order valence-corrected chi connectivity index (χ4v) is 2.03. The molecule has 1 saturated carbocycles. The summed E-state index contributed by atoms with van der Waals surface area (Å²) in [7, 11) is 0. The van der Waals surface area contributed by atoms with Gasteiger partial charge in [0.25, 0.3) is 5.91 Å². The Hall–Kier alpha value is -1.58. The minimum atomic E-state index is -0.0290. The van der Waals surface area contributed by atoms with Crippen LogP contribution in [0.25, 0.3) is 0 Å². The summed E-state index contributed by atoms with van der Waals surface area (Å²) in [6.07, 6.45) is 5.35. The van der Waals surface area contributed by atoms with Gasteiger partial charge in [-0.25, -0.2) is 4.98 Å². The van der Waals surface area contributed by atoms with Gasteiger partial charge in [0.2, 0.25) is 0 Å². The molecule has 1 aromatic heterocycles. The Kier molecular flexibility index (Phi) is 4.18. The van der Waals surface area contributed by atoms with Crippen LogP contribution in [0.5, 0.6) is 0 Å². The summed E-state index contributed by atoms with van der Waals surface area (Å²) in [5, 5.41) is 6.13. The van der Waals surface area contributed by atoms with Gasteiger partial charge in [-0.3, -0.25) is 4.79 Å². The number of carbonyl (C=O) groups excluding carboxylic acids is 1. The summed E-state index contributed by atoms with van der Waals surface area (Å²) in [4.78, 5) is 16.2. The molecule has 1 fully saturated rings. The minimum Gasteiger partial charge on any atom is -0.370 e. The molecule has 1 aliphatic carbocycles. The number of carbonyl (C=O) groups is 1. The topological polar surface area (TPSA) is 54.0 Å². The zero-order valence-corrected chi connectivity index (χ0v) is 11.1. The van der Waals surface area contributed by atoms with E-state index < -0.39 is 0 Å². The second-order valence-electron chi connectivity index (χ2n) is 5.02. The maximum atomic E-state index is 12.0. The molecule has 98 valence electrons. The number of rotatable bonds is 6. The molecule has 0 saturated heterocycles. The largest absolute Gasteiger partial charge is 0.370 e. The molecule has 1 aromatic rings. The molecule has 1 amide bonds. The zero-order chi connectivity index (χ0) is 13.0. The standard InChI is InChI=1S/C14H21N3O/c1-3-15-13-7-6-12(9-16-13)14(18)17-10(2)8-11-4-5-11/h6-7,9-11H,3-5,8H2,1-2H3,(H,15,16)(H,17,18). The molecular weight excluding hydrogens is 226 g/mol. The van der Waals surface area contributed by atoms with Gasteiger partial charge in [0.1, 0.15) is 5.82 Å². The molecule has 4 heteroatoms. The lowest BCUT2D eigenvalue weighted by Crippen LogP contribution is -2.32. The van der Waals surface area contributed by atoms with E-state index in [1.54, 1.807) is 6.20 Å². The van der Waals surface area contributed by atoms with Crippen molar-refractivity contribution in [2.24, 2.45) is 5.92 Å². The van der Waals surface area contributed by atoms with E-state index in [-0.39, 0.29) is 11.9 Å². The number of hydrogen-bond donors (Lipinski definition) is 2. The second kappa shape index (κ2) is 5.85. The van der Waals surface area contributed by atoms with Crippen molar-refractivity contribution in [1.29, 1.82) is 0 Å². The molecule has 1 aliphatic rings. The van der Waals surface area contributed by atoms with Crippen molar-refractivity contribution in [2.45, 2.75) is 39.2 Å². The van der Waals surface area contributed by atoms with Crippen LogP contribution in [0.15, 0.2) is 18.3 Å². The summed E-state index contributed by atoms with van der Waals surface area (Å²) < 4.78 is 0. The molecule has 0 bridgehead atoms. The molecule has 1 atom stereocenters. The van der Waals surface area contributed by atoms with E-state index in [2.05, 4.69) is 22.5 Å². The van der Waals surface area contributed by atoms with Gasteiger partial charge in [0.05, 0.1) is 5.56 Å². The van der Waals surface area contributed by atoms with Crippen LogP contribution >= 0.6 is 0 Å². The van der Waals surface area contributed by atoms with E-state index in [4.69, 9.17) is 0 Å². The highest BCUT2D eigenvalue weighted by Gasteiger charge is 2.24. The Bertz CT molecular complexity index is 398. The Labute approximate surface area is 108 Å². The average Bonchev–Trinajstić information content (AvgIpc) is 3.14. The van der Waals surface area contributed by atoms with E-state index in [1.807, 2.05) is 19.1 Å².